The summed E-state index contributed by atoms with van der Waals surface area (Å²) >= 11 is 0. The Kier molecular flexibility index (Phi) is 6.29. The van der Waals surface area contributed by atoms with Crippen LogP contribution in [0.5, 0.6) is 5.75 Å². The summed E-state index contributed by atoms with van der Waals surface area (Å²) in [4.78, 5) is 28.8. The Bertz CT molecular complexity index is 828. The Hall–Kier alpha value is -2.89. The van der Waals surface area contributed by atoms with Crippen LogP contribution in [0.2, 0.25) is 0 Å². The SMILES string of the molecule is CC(C)COc1cccc(C(=O)N2CCN(C(=O)c3ccc(F)cc3)CC2)c1. The molecule has 6 heteroatoms. The van der Waals surface area contributed by atoms with Crippen LogP contribution in [-0.2, 0) is 0 Å². The highest BCUT2D eigenvalue weighted by molar-refractivity contribution is 5.96. The minimum Gasteiger partial charge on any atom is -0.493 e. The van der Waals surface area contributed by atoms with E-state index in [0.29, 0.717) is 55.6 Å². The average Bonchev–Trinajstić information content (AvgIpc) is 2.72. The molecule has 0 aliphatic carbocycles. The van der Waals surface area contributed by atoms with Gasteiger partial charge in [-0.25, -0.2) is 4.39 Å². The van der Waals surface area contributed by atoms with Crippen molar-refractivity contribution < 1.29 is 18.7 Å². The first-order valence-electron chi connectivity index (χ1n) is 9.51. The number of benzene rings is 2. The van der Waals surface area contributed by atoms with Crippen molar-refractivity contribution in [3.63, 3.8) is 0 Å². The van der Waals surface area contributed by atoms with E-state index in [1.165, 1.54) is 24.3 Å². The van der Waals surface area contributed by atoms with Crippen molar-refractivity contribution >= 4 is 11.8 Å². The van der Waals surface area contributed by atoms with Gasteiger partial charge in [-0.15, -0.1) is 0 Å². The summed E-state index contributed by atoms with van der Waals surface area (Å²) in [7, 11) is 0. The van der Waals surface area contributed by atoms with Crippen LogP contribution in [-0.4, -0.2) is 54.4 Å². The zero-order chi connectivity index (χ0) is 20.1. The number of amides is 2. The third kappa shape index (κ3) is 4.88. The molecule has 2 amide bonds. The predicted octanol–water partition coefficient (Wildman–Crippen LogP) is 3.46. The van der Waals surface area contributed by atoms with E-state index in [1.54, 1.807) is 21.9 Å². The molecule has 0 aromatic heterocycles. The summed E-state index contributed by atoms with van der Waals surface area (Å²) in [5.74, 6) is 0.516. The average molecular weight is 384 g/mol. The molecule has 2 aromatic rings. The van der Waals surface area contributed by atoms with E-state index in [0.717, 1.165) is 0 Å². The van der Waals surface area contributed by atoms with E-state index in [1.807, 2.05) is 12.1 Å². The summed E-state index contributed by atoms with van der Waals surface area (Å²) in [6.45, 7) is 6.56. The molecular weight excluding hydrogens is 359 g/mol. The summed E-state index contributed by atoms with van der Waals surface area (Å²) in [5, 5.41) is 0. The Morgan fingerprint density at radius 3 is 2.07 bits per heavy atom. The summed E-state index contributed by atoms with van der Waals surface area (Å²) in [5.41, 5.74) is 1.04. The van der Waals surface area contributed by atoms with Gasteiger partial charge in [0.2, 0.25) is 0 Å². The van der Waals surface area contributed by atoms with Crippen LogP contribution in [0.1, 0.15) is 34.6 Å². The second-order valence-corrected chi connectivity index (χ2v) is 7.32. The molecule has 1 heterocycles. The molecule has 0 atom stereocenters. The number of carbonyl (C=O) groups excluding carboxylic acids is 2. The van der Waals surface area contributed by atoms with Crippen LogP contribution in [0.15, 0.2) is 48.5 Å². The van der Waals surface area contributed by atoms with E-state index in [2.05, 4.69) is 13.8 Å². The highest BCUT2D eigenvalue weighted by atomic mass is 19.1. The fourth-order valence-corrected chi connectivity index (χ4v) is 3.05. The molecule has 2 aromatic carbocycles. The van der Waals surface area contributed by atoms with Gasteiger partial charge in [0.1, 0.15) is 11.6 Å². The van der Waals surface area contributed by atoms with Crippen LogP contribution in [0, 0.1) is 11.7 Å². The maximum absolute atomic E-state index is 13.0. The molecule has 0 saturated carbocycles. The molecule has 0 radical (unpaired) electrons. The Morgan fingerprint density at radius 1 is 0.929 bits per heavy atom. The number of rotatable bonds is 5. The van der Waals surface area contributed by atoms with E-state index < -0.39 is 0 Å². The fourth-order valence-electron chi connectivity index (χ4n) is 3.05. The highest BCUT2D eigenvalue weighted by Gasteiger charge is 2.25. The maximum atomic E-state index is 13.0. The first-order chi connectivity index (χ1) is 13.4. The van der Waals surface area contributed by atoms with Crippen molar-refractivity contribution in [1.82, 2.24) is 9.80 Å². The third-order valence-corrected chi connectivity index (χ3v) is 4.61. The Labute approximate surface area is 164 Å². The van der Waals surface area contributed by atoms with Gasteiger partial charge in [-0.1, -0.05) is 19.9 Å². The normalized spacial score (nSPS) is 14.3. The Balaban J connectivity index is 1.58. The molecule has 0 N–H and O–H groups in total. The van der Waals surface area contributed by atoms with Crippen molar-refractivity contribution in [1.29, 1.82) is 0 Å². The van der Waals surface area contributed by atoms with Gasteiger partial charge in [0, 0.05) is 37.3 Å². The molecule has 1 saturated heterocycles. The molecular formula is C22H25FN2O3. The second-order valence-electron chi connectivity index (χ2n) is 7.32. The van der Waals surface area contributed by atoms with Crippen LogP contribution >= 0.6 is 0 Å². The zero-order valence-electron chi connectivity index (χ0n) is 16.2. The minimum atomic E-state index is -0.369. The van der Waals surface area contributed by atoms with E-state index in [9.17, 15) is 14.0 Å². The lowest BCUT2D eigenvalue weighted by Crippen LogP contribution is -2.50. The third-order valence-electron chi connectivity index (χ3n) is 4.61. The molecule has 1 aliphatic rings. The number of nitrogens with zero attached hydrogens (tertiary/aromatic N) is 2. The number of hydrogen-bond acceptors (Lipinski definition) is 3. The largest absolute Gasteiger partial charge is 0.493 e. The molecule has 0 unspecified atom stereocenters. The highest BCUT2D eigenvalue weighted by Crippen LogP contribution is 2.17. The van der Waals surface area contributed by atoms with Gasteiger partial charge >= 0.3 is 0 Å². The van der Waals surface area contributed by atoms with Crippen LogP contribution < -0.4 is 4.74 Å². The monoisotopic (exact) mass is 384 g/mol. The number of ether oxygens (including phenoxy) is 1. The van der Waals surface area contributed by atoms with Gasteiger partial charge in [0.25, 0.3) is 11.8 Å². The number of piperazine rings is 1. The lowest BCUT2D eigenvalue weighted by Gasteiger charge is -2.35. The minimum absolute atomic E-state index is 0.0659. The van der Waals surface area contributed by atoms with Crippen molar-refractivity contribution in [3.8, 4) is 5.75 Å². The van der Waals surface area contributed by atoms with E-state index in [-0.39, 0.29) is 17.6 Å². The van der Waals surface area contributed by atoms with Crippen LogP contribution in [0.4, 0.5) is 4.39 Å². The van der Waals surface area contributed by atoms with Crippen molar-refractivity contribution in [2.75, 3.05) is 32.8 Å². The van der Waals surface area contributed by atoms with Gasteiger partial charge in [0.15, 0.2) is 0 Å². The summed E-state index contributed by atoms with van der Waals surface area (Å²) in [6, 6.07) is 12.7. The van der Waals surface area contributed by atoms with Crippen LogP contribution in [0.25, 0.3) is 0 Å². The van der Waals surface area contributed by atoms with Crippen molar-refractivity contribution in [2.24, 2.45) is 5.92 Å². The molecule has 1 fully saturated rings. The molecule has 1 aliphatic heterocycles. The Morgan fingerprint density at radius 2 is 1.50 bits per heavy atom. The quantitative estimate of drug-likeness (QED) is 0.793. The number of hydrogen-bond donors (Lipinski definition) is 0. The topological polar surface area (TPSA) is 49.9 Å². The van der Waals surface area contributed by atoms with Gasteiger partial charge in [0.05, 0.1) is 6.61 Å². The molecule has 0 spiro atoms. The second kappa shape index (κ2) is 8.87. The van der Waals surface area contributed by atoms with Gasteiger partial charge < -0.3 is 14.5 Å². The van der Waals surface area contributed by atoms with Crippen molar-refractivity contribution in [2.45, 2.75) is 13.8 Å². The van der Waals surface area contributed by atoms with E-state index >= 15 is 0 Å². The van der Waals surface area contributed by atoms with Crippen LogP contribution in [0.3, 0.4) is 0 Å². The van der Waals surface area contributed by atoms with Gasteiger partial charge in [-0.05, 0) is 48.4 Å². The zero-order valence-corrected chi connectivity index (χ0v) is 16.2. The van der Waals surface area contributed by atoms with Crippen molar-refractivity contribution in [3.05, 3.63) is 65.5 Å². The molecule has 148 valence electrons. The number of carbonyl (C=O) groups is 2. The first kappa shape index (κ1) is 19.9. The molecule has 5 nitrogen and oxygen atoms in total. The van der Waals surface area contributed by atoms with Gasteiger partial charge in [-0.2, -0.15) is 0 Å². The smallest absolute Gasteiger partial charge is 0.254 e. The first-order valence-corrected chi connectivity index (χ1v) is 9.51. The molecule has 28 heavy (non-hydrogen) atoms. The molecule has 3 rings (SSSR count). The lowest BCUT2D eigenvalue weighted by atomic mass is 10.1. The fraction of sp³-hybridized carbons (Fsp3) is 0.364. The summed E-state index contributed by atoms with van der Waals surface area (Å²) < 4.78 is 18.7. The molecule has 0 bridgehead atoms. The lowest BCUT2D eigenvalue weighted by molar-refractivity contribution is 0.0535. The number of halogens is 1. The standard InChI is InChI=1S/C22H25FN2O3/c1-16(2)15-28-20-5-3-4-18(14-20)22(27)25-12-10-24(11-13-25)21(26)17-6-8-19(23)9-7-17/h3-9,14,16H,10-13,15H2,1-2H3. The predicted molar refractivity (Wildman–Crippen MR) is 105 cm³/mol. The summed E-state index contributed by atoms with van der Waals surface area (Å²) in [6.07, 6.45) is 0. The van der Waals surface area contributed by atoms with Gasteiger partial charge in [-0.3, -0.25) is 9.59 Å². The van der Waals surface area contributed by atoms with E-state index in [4.69, 9.17) is 4.74 Å². The maximum Gasteiger partial charge on any atom is 0.254 e.